The molecule has 3 rings (SSSR count). The standard InChI is InChI=1S/C26H30O8/c1-26(2,3)34-20(27)13-10-15-8-12-18(30-5)24-21(15)22(25(28)32-7)23(33-24)16-9-11-17(29-4)19(14-16)31-6/h8-14,22-23H,1-7H3/b13-10+/t22-,23+/m0/s1. The molecule has 2 atom stereocenters. The highest BCUT2D eigenvalue weighted by Crippen LogP contribution is 2.53. The van der Waals surface area contributed by atoms with Crippen molar-refractivity contribution in [1.29, 1.82) is 0 Å². The molecule has 0 saturated carbocycles. The van der Waals surface area contributed by atoms with Crippen LogP contribution in [-0.2, 0) is 19.1 Å². The van der Waals surface area contributed by atoms with Gasteiger partial charge in [-0.25, -0.2) is 4.79 Å². The van der Waals surface area contributed by atoms with Crippen molar-refractivity contribution in [3.63, 3.8) is 0 Å². The lowest BCUT2D eigenvalue weighted by molar-refractivity contribution is -0.148. The lowest BCUT2D eigenvalue weighted by Gasteiger charge is -2.19. The second-order valence-corrected chi connectivity index (χ2v) is 8.62. The average Bonchev–Trinajstić information content (AvgIpc) is 3.21. The Morgan fingerprint density at radius 3 is 2.15 bits per heavy atom. The third kappa shape index (κ3) is 5.11. The maximum atomic E-state index is 13.0. The Hall–Kier alpha value is -3.68. The number of ether oxygens (including phenoxy) is 6. The molecule has 182 valence electrons. The van der Waals surface area contributed by atoms with Gasteiger partial charge in [0.1, 0.15) is 17.6 Å². The summed E-state index contributed by atoms with van der Waals surface area (Å²) in [5, 5.41) is 0. The first-order valence-electron chi connectivity index (χ1n) is 10.7. The van der Waals surface area contributed by atoms with E-state index in [4.69, 9.17) is 28.4 Å². The second-order valence-electron chi connectivity index (χ2n) is 8.62. The summed E-state index contributed by atoms with van der Waals surface area (Å²) in [6.07, 6.45) is 2.21. The average molecular weight is 471 g/mol. The van der Waals surface area contributed by atoms with Crippen LogP contribution in [0.2, 0.25) is 0 Å². The van der Waals surface area contributed by atoms with E-state index in [0.29, 0.717) is 39.7 Å². The largest absolute Gasteiger partial charge is 0.493 e. The lowest BCUT2D eigenvalue weighted by atomic mass is 9.87. The van der Waals surface area contributed by atoms with Gasteiger partial charge in [-0.15, -0.1) is 0 Å². The number of benzene rings is 2. The molecule has 8 nitrogen and oxygen atoms in total. The Labute approximate surface area is 199 Å². The fourth-order valence-corrected chi connectivity index (χ4v) is 3.84. The van der Waals surface area contributed by atoms with Crippen molar-refractivity contribution < 1.29 is 38.0 Å². The topological polar surface area (TPSA) is 89.5 Å². The van der Waals surface area contributed by atoms with Crippen LogP contribution in [-0.4, -0.2) is 46.0 Å². The highest BCUT2D eigenvalue weighted by atomic mass is 16.6. The van der Waals surface area contributed by atoms with Gasteiger partial charge in [0, 0.05) is 11.6 Å². The van der Waals surface area contributed by atoms with E-state index < -0.39 is 29.6 Å². The maximum Gasteiger partial charge on any atom is 0.331 e. The maximum absolute atomic E-state index is 13.0. The van der Waals surface area contributed by atoms with Gasteiger partial charge in [0.15, 0.2) is 23.0 Å². The summed E-state index contributed by atoms with van der Waals surface area (Å²) in [6.45, 7) is 5.37. The van der Waals surface area contributed by atoms with E-state index in [-0.39, 0.29) is 0 Å². The van der Waals surface area contributed by atoms with Crippen LogP contribution in [0.4, 0.5) is 0 Å². The van der Waals surface area contributed by atoms with Crippen molar-refractivity contribution in [3.8, 4) is 23.0 Å². The number of rotatable bonds is 7. The van der Waals surface area contributed by atoms with Crippen LogP contribution in [0, 0.1) is 0 Å². The van der Waals surface area contributed by atoms with Crippen molar-refractivity contribution >= 4 is 18.0 Å². The predicted octanol–water partition coefficient (Wildman–Crippen LogP) is 4.46. The van der Waals surface area contributed by atoms with E-state index >= 15 is 0 Å². The van der Waals surface area contributed by atoms with Crippen LogP contribution in [0.25, 0.3) is 6.08 Å². The molecular formula is C26H30O8. The summed E-state index contributed by atoms with van der Waals surface area (Å²) in [7, 11) is 5.92. The van der Waals surface area contributed by atoms with E-state index in [1.807, 2.05) is 0 Å². The van der Waals surface area contributed by atoms with Gasteiger partial charge in [0.2, 0.25) is 0 Å². The lowest BCUT2D eigenvalue weighted by Crippen LogP contribution is -2.22. The minimum absolute atomic E-state index is 0.407. The number of fused-ring (bicyclic) bond motifs is 1. The molecule has 1 aliphatic rings. The molecule has 1 heterocycles. The van der Waals surface area contributed by atoms with E-state index in [0.717, 1.165) is 0 Å². The molecule has 0 bridgehead atoms. The normalized spacial score (nSPS) is 17.0. The van der Waals surface area contributed by atoms with E-state index in [9.17, 15) is 9.59 Å². The molecule has 0 aromatic heterocycles. The molecule has 0 saturated heterocycles. The minimum Gasteiger partial charge on any atom is -0.493 e. The van der Waals surface area contributed by atoms with Gasteiger partial charge in [-0.2, -0.15) is 0 Å². The molecule has 0 spiro atoms. The molecular weight excluding hydrogens is 440 g/mol. The van der Waals surface area contributed by atoms with Gasteiger partial charge in [-0.05, 0) is 56.2 Å². The smallest absolute Gasteiger partial charge is 0.331 e. The van der Waals surface area contributed by atoms with Crippen molar-refractivity contribution in [2.75, 3.05) is 28.4 Å². The molecule has 8 heteroatoms. The Morgan fingerprint density at radius 2 is 1.56 bits per heavy atom. The summed E-state index contributed by atoms with van der Waals surface area (Å²) in [4.78, 5) is 25.3. The van der Waals surface area contributed by atoms with Crippen LogP contribution >= 0.6 is 0 Å². The van der Waals surface area contributed by atoms with Gasteiger partial charge in [-0.3, -0.25) is 4.79 Å². The van der Waals surface area contributed by atoms with Crippen LogP contribution in [0.15, 0.2) is 36.4 Å². The van der Waals surface area contributed by atoms with E-state index in [1.54, 1.807) is 64.3 Å². The summed E-state index contributed by atoms with van der Waals surface area (Å²) in [6, 6.07) is 8.79. The Morgan fingerprint density at radius 1 is 0.912 bits per heavy atom. The molecule has 1 aliphatic heterocycles. The Bertz CT molecular complexity index is 1100. The third-order valence-corrected chi connectivity index (χ3v) is 5.27. The molecule has 0 N–H and O–H groups in total. The van der Waals surface area contributed by atoms with E-state index in [2.05, 4.69) is 0 Å². The van der Waals surface area contributed by atoms with E-state index in [1.165, 1.54) is 27.4 Å². The monoisotopic (exact) mass is 470 g/mol. The van der Waals surface area contributed by atoms with Crippen molar-refractivity contribution in [1.82, 2.24) is 0 Å². The predicted molar refractivity (Wildman–Crippen MR) is 126 cm³/mol. The fraction of sp³-hybridized carbons (Fsp3) is 0.385. The van der Waals surface area contributed by atoms with Crippen molar-refractivity contribution in [2.45, 2.75) is 38.4 Å². The van der Waals surface area contributed by atoms with Crippen LogP contribution in [0.5, 0.6) is 23.0 Å². The number of carbonyl (C=O) groups is 2. The van der Waals surface area contributed by atoms with Crippen molar-refractivity contribution in [2.24, 2.45) is 0 Å². The summed E-state index contributed by atoms with van der Waals surface area (Å²) >= 11 is 0. The van der Waals surface area contributed by atoms with Gasteiger partial charge in [-0.1, -0.05) is 12.1 Å². The first kappa shape index (κ1) is 25.0. The van der Waals surface area contributed by atoms with Gasteiger partial charge >= 0.3 is 11.9 Å². The fourth-order valence-electron chi connectivity index (χ4n) is 3.84. The van der Waals surface area contributed by atoms with Crippen molar-refractivity contribution in [3.05, 3.63) is 53.1 Å². The number of hydrogen-bond acceptors (Lipinski definition) is 8. The van der Waals surface area contributed by atoms with Crippen LogP contribution < -0.4 is 18.9 Å². The highest BCUT2D eigenvalue weighted by Gasteiger charge is 2.44. The van der Waals surface area contributed by atoms with Gasteiger partial charge < -0.3 is 28.4 Å². The molecule has 0 fully saturated rings. The SMILES string of the molecule is COC(=O)[C@H]1c2c(/C=C/C(=O)OC(C)(C)C)ccc(OC)c2O[C@@H]1c1ccc(OC)c(OC)c1. The molecule has 0 radical (unpaired) electrons. The highest BCUT2D eigenvalue weighted by molar-refractivity contribution is 5.90. The van der Waals surface area contributed by atoms with Gasteiger partial charge in [0.05, 0.1) is 28.4 Å². The number of methoxy groups -OCH3 is 4. The molecule has 0 unspecified atom stereocenters. The first-order chi connectivity index (χ1) is 16.1. The Balaban J connectivity index is 2.10. The molecule has 2 aromatic rings. The molecule has 2 aromatic carbocycles. The zero-order chi connectivity index (χ0) is 25.0. The third-order valence-electron chi connectivity index (χ3n) is 5.27. The summed E-state index contributed by atoms with van der Waals surface area (Å²) < 4.78 is 33.0. The molecule has 0 aliphatic carbocycles. The zero-order valence-electron chi connectivity index (χ0n) is 20.5. The molecule has 0 amide bonds. The molecule has 34 heavy (non-hydrogen) atoms. The van der Waals surface area contributed by atoms with Crippen LogP contribution in [0.1, 0.15) is 49.5 Å². The number of hydrogen-bond donors (Lipinski definition) is 0. The summed E-state index contributed by atoms with van der Waals surface area (Å²) in [5.41, 5.74) is 1.23. The Kier molecular flexibility index (Phi) is 7.39. The second kappa shape index (κ2) is 10.1. The number of carbonyl (C=O) groups excluding carboxylic acids is 2. The number of esters is 2. The van der Waals surface area contributed by atoms with Crippen LogP contribution in [0.3, 0.4) is 0 Å². The first-order valence-corrected chi connectivity index (χ1v) is 10.7. The zero-order valence-corrected chi connectivity index (χ0v) is 20.5. The van der Waals surface area contributed by atoms with Gasteiger partial charge in [0.25, 0.3) is 0 Å². The quantitative estimate of drug-likeness (QED) is 0.433. The summed E-state index contributed by atoms with van der Waals surface area (Å²) in [5.74, 6) is 0.118. The minimum atomic E-state index is -0.813.